The number of imidazole rings is 1. The molecule has 9 heteroatoms. The van der Waals surface area contributed by atoms with E-state index in [0.29, 0.717) is 16.5 Å². The zero-order chi connectivity index (χ0) is 13.6. The van der Waals surface area contributed by atoms with Gasteiger partial charge in [0, 0.05) is 10.8 Å². The van der Waals surface area contributed by atoms with Crippen LogP contribution in [0.15, 0.2) is 15.9 Å². The maximum absolute atomic E-state index is 11.6. The molecular formula is C10H11IN4O4. The molecule has 1 fully saturated rings. The Morgan fingerprint density at radius 1 is 1.53 bits per heavy atom. The van der Waals surface area contributed by atoms with Gasteiger partial charge in [-0.15, -0.1) is 0 Å². The molecule has 0 saturated carbocycles. The molecule has 8 nitrogen and oxygen atoms in total. The first-order chi connectivity index (χ1) is 9.10. The van der Waals surface area contributed by atoms with E-state index in [9.17, 15) is 14.7 Å². The molecule has 19 heavy (non-hydrogen) atoms. The van der Waals surface area contributed by atoms with E-state index in [0.717, 1.165) is 0 Å². The molecule has 3 atom stereocenters. The minimum atomic E-state index is -0.594. The molecule has 0 radical (unpaired) electrons. The molecule has 0 aliphatic carbocycles. The van der Waals surface area contributed by atoms with Crippen molar-refractivity contribution in [3.05, 3.63) is 27.2 Å². The topological polar surface area (TPSA) is 113 Å². The molecule has 1 aliphatic heterocycles. The van der Waals surface area contributed by atoms with E-state index in [1.165, 1.54) is 6.33 Å². The molecule has 2 aromatic heterocycles. The molecule has 0 spiro atoms. The fourth-order valence-electron chi connectivity index (χ4n) is 2.20. The predicted molar refractivity (Wildman–Crippen MR) is 74.4 cm³/mol. The van der Waals surface area contributed by atoms with Crippen LogP contribution >= 0.6 is 22.6 Å². The van der Waals surface area contributed by atoms with Crippen molar-refractivity contribution in [2.75, 3.05) is 4.43 Å². The Balaban J connectivity index is 2.07. The van der Waals surface area contributed by atoms with Gasteiger partial charge >= 0.3 is 5.69 Å². The highest BCUT2D eigenvalue weighted by molar-refractivity contribution is 14.1. The average Bonchev–Trinajstić information content (AvgIpc) is 2.92. The van der Waals surface area contributed by atoms with Crippen LogP contribution in [0.2, 0.25) is 0 Å². The summed E-state index contributed by atoms with van der Waals surface area (Å²) in [5, 5.41) is 9.84. The highest BCUT2D eigenvalue weighted by Crippen LogP contribution is 2.30. The summed E-state index contributed by atoms with van der Waals surface area (Å²) in [7, 11) is 0. The first-order valence-electron chi connectivity index (χ1n) is 5.69. The van der Waals surface area contributed by atoms with Crippen LogP contribution in [0.4, 0.5) is 0 Å². The zero-order valence-electron chi connectivity index (χ0n) is 9.67. The molecule has 3 N–H and O–H groups in total. The molecule has 102 valence electrons. The second-order valence-electron chi connectivity index (χ2n) is 4.34. The maximum atomic E-state index is 11.6. The van der Waals surface area contributed by atoms with Crippen LogP contribution in [-0.4, -0.2) is 41.3 Å². The number of aromatic amines is 2. The van der Waals surface area contributed by atoms with Crippen LogP contribution in [0.1, 0.15) is 12.6 Å². The lowest BCUT2D eigenvalue weighted by atomic mass is 10.2. The Kier molecular flexibility index (Phi) is 3.19. The second kappa shape index (κ2) is 4.72. The second-order valence-corrected chi connectivity index (χ2v) is 5.22. The first kappa shape index (κ1) is 12.8. The zero-order valence-corrected chi connectivity index (χ0v) is 11.8. The number of fused-ring (bicyclic) bond motifs is 1. The number of aliphatic hydroxyl groups is 1. The van der Waals surface area contributed by atoms with Gasteiger partial charge in [-0.2, -0.15) is 0 Å². The smallest absolute Gasteiger partial charge is 0.327 e. The monoisotopic (exact) mass is 378 g/mol. The van der Waals surface area contributed by atoms with Crippen molar-refractivity contribution >= 4 is 33.8 Å². The summed E-state index contributed by atoms with van der Waals surface area (Å²) in [4.78, 5) is 31.5. The number of nitrogens with zero attached hydrogens (tertiary/aromatic N) is 2. The number of aliphatic hydroxyl groups excluding tert-OH is 1. The molecule has 1 aliphatic rings. The van der Waals surface area contributed by atoms with Crippen molar-refractivity contribution in [2.24, 2.45) is 0 Å². The summed E-state index contributed by atoms with van der Waals surface area (Å²) in [6.45, 7) is 0. The van der Waals surface area contributed by atoms with Crippen molar-refractivity contribution in [3.8, 4) is 0 Å². The summed E-state index contributed by atoms with van der Waals surface area (Å²) < 4.78 is 7.92. The third-order valence-corrected chi connectivity index (χ3v) is 4.00. The highest BCUT2D eigenvalue weighted by Gasteiger charge is 2.34. The SMILES string of the molecule is O=c1[nH]c(=O)c2ncn([C@@H]3C[C@H](O)[C@@H](CI)O3)c2[nH]1. The van der Waals surface area contributed by atoms with E-state index in [4.69, 9.17) is 4.74 Å². The molecule has 1 saturated heterocycles. The molecule has 2 aromatic rings. The fourth-order valence-corrected chi connectivity index (χ4v) is 2.99. The lowest BCUT2D eigenvalue weighted by Crippen LogP contribution is -2.23. The van der Waals surface area contributed by atoms with Gasteiger partial charge in [-0.3, -0.25) is 19.3 Å². The van der Waals surface area contributed by atoms with Gasteiger partial charge in [-0.05, 0) is 0 Å². The van der Waals surface area contributed by atoms with Crippen LogP contribution in [0.3, 0.4) is 0 Å². The number of aromatic nitrogens is 4. The minimum absolute atomic E-state index is 0.149. The maximum Gasteiger partial charge on any atom is 0.327 e. The fraction of sp³-hybridized carbons (Fsp3) is 0.500. The van der Waals surface area contributed by atoms with Crippen LogP contribution in [0.5, 0.6) is 0 Å². The van der Waals surface area contributed by atoms with Gasteiger partial charge in [0.25, 0.3) is 5.56 Å². The summed E-state index contributed by atoms with van der Waals surface area (Å²) in [5.74, 6) is 0. The molecule has 0 amide bonds. The number of hydrogen-bond donors (Lipinski definition) is 3. The molecule has 3 heterocycles. The molecule has 0 aromatic carbocycles. The molecular weight excluding hydrogens is 367 g/mol. The summed E-state index contributed by atoms with van der Waals surface area (Å²) >= 11 is 2.14. The third kappa shape index (κ3) is 2.11. The highest BCUT2D eigenvalue weighted by atomic mass is 127. The lowest BCUT2D eigenvalue weighted by Gasteiger charge is -2.13. The number of ether oxygens (including phenoxy) is 1. The van der Waals surface area contributed by atoms with Crippen LogP contribution in [-0.2, 0) is 4.74 Å². The third-order valence-electron chi connectivity index (χ3n) is 3.13. The summed E-state index contributed by atoms with van der Waals surface area (Å²) in [5.41, 5.74) is -0.680. The Labute approximate surface area is 120 Å². The van der Waals surface area contributed by atoms with E-state index >= 15 is 0 Å². The van der Waals surface area contributed by atoms with Gasteiger partial charge in [-0.25, -0.2) is 9.78 Å². The van der Waals surface area contributed by atoms with Gasteiger partial charge in [0.05, 0.1) is 18.5 Å². The van der Waals surface area contributed by atoms with E-state index < -0.39 is 23.6 Å². The Hall–Kier alpha value is -1.20. The van der Waals surface area contributed by atoms with Gasteiger partial charge < -0.3 is 9.84 Å². The number of rotatable bonds is 2. The van der Waals surface area contributed by atoms with Crippen molar-refractivity contribution in [2.45, 2.75) is 24.9 Å². The largest absolute Gasteiger partial charge is 0.390 e. The summed E-state index contributed by atoms with van der Waals surface area (Å²) in [6, 6.07) is 0. The van der Waals surface area contributed by atoms with E-state index in [-0.39, 0.29) is 11.6 Å². The minimum Gasteiger partial charge on any atom is -0.390 e. The standard InChI is InChI=1S/C10H11IN4O4/c11-2-5-4(16)1-6(19-5)15-3-12-7-8(15)13-10(18)14-9(7)17/h3-6,16H,1-2H2,(H2,13,14,17,18)/t4-,5+,6-/m0/s1. The van der Waals surface area contributed by atoms with Gasteiger partial charge in [-0.1, -0.05) is 22.6 Å². The Morgan fingerprint density at radius 3 is 3.00 bits per heavy atom. The Morgan fingerprint density at radius 2 is 2.32 bits per heavy atom. The average molecular weight is 378 g/mol. The van der Waals surface area contributed by atoms with Crippen LogP contribution in [0.25, 0.3) is 11.2 Å². The number of hydrogen-bond acceptors (Lipinski definition) is 5. The predicted octanol–water partition coefficient (Wildman–Crippen LogP) is -0.504. The number of halogens is 1. The number of alkyl halides is 1. The van der Waals surface area contributed by atoms with E-state index in [1.54, 1.807) is 4.57 Å². The van der Waals surface area contributed by atoms with Crippen molar-refractivity contribution in [3.63, 3.8) is 0 Å². The van der Waals surface area contributed by atoms with E-state index in [2.05, 4.69) is 37.5 Å². The molecule has 3 rings (SSSR count). The lowest BCUT2D eigenvalue weighted by molar-refractivity contribution is -0.00223. The van der Waals surface area contributed by atoms with Crippen molar-refractivity contribution in [1.82, 2.24) is 19.5 Å². The molecule has 0 unspecified atom stereocenters. The number of H-pyrrole nitrogens is 2. The van der Waals surface area contributed by atoms with Gasteiger partial charge in [0.1, 0.15) is 11.9 Å². The van der Waals surface area contributed by atoms with Crippen molar-refractivity contribution < 1.29 is 9.84 Å². The van der Waals surface area contributed by atoms with Crippen molar-refractivity contribution in [1.29, 1.82) is 0 Å². The van der Waals surface area contributed by atoms with Gasteiger partial charge in [0.2, 0.25) is 0 Å². The van der Waals surface area contributed by atoms with E-state index in [1.807, 2.05) is 0 Å². The summed E-state index contributed by atoms with van der Waals surface area (Å²) in [6.07, 6.45) is 0.582. The van der Waals surface area contributed by atoms with Crippen LogP contribution in [0, 0.1) is 0 Å². The first-order valence-corrected chi connectivity index (χ1v) is 7.21. The van der Waals surface area contributed by atoms with Crippen LogP contribution < -0.4 is 11.2 Å². The van der Waals surface area contributed by atoms with Gasteiger partial charge in [0.15, 0.2) is 5.52 Å². The normalized spacial score (nSPS) is 27.2. The molecule has 0 bridgehead atoms. The number of nitrogens with one attached hydrogen (secondary N) is 2. The Bertz CT molecular complexity index is 720. The quantitative estimate of drug-likeness (QED) is 0.482.